The standard InChI is InChI=1S/C14H13ClFNO2S/c1-2-19-13(18)6-4-10-8-20-14(17-10)11-5-3-9(15)7-12(11)16/h3,5,7-8H,2,4,6H2,1H3. The number of hydrogen-bond acceptors (Lipinski definition) is 4. The molecule has 0 radical (unpaired) electrons. The second kappa shape index (κ2) is 6.81. The maximum atomic E-state index is 13.8. The molecule has 0 saturated heterocycles. The van der Waals surface area contributed by atoms with Gasteiger partial charge in [0.25, 0.3) is 0 Å². The molecule has 2 rings (SSSR count). The number of aryl methyl sites for hydroxylation is 1. The Kier molecular flexibility index (Phi) is 5.09. The van der Waals surface area contributed by atoms with E-state index in [1.165, 1.54) is 17.4 Å². The predicted molar refractivity (Wildman–Crippen MR) is 77.5 cm³/mol. The number of benzene rings is 1. The lowest BCUT2D eigenvalue weighted by molar-refractivity contribution is -0.143. The Balaban J connectivity index is 2.07. The smallest absolute Gasteiger partial charge is 0.306 e. The van der Waals surface area contributed by atoms with Crippen LogP contribution in [0, 0.1) is 5.82 Å². The normalized spacial score (nSPS) is 10.6. The highest BCUT2D eigenvalue weighted by Gasteiger charge is 2.11. The van der Waals surface area contributed by atoms with Crippen LogP contribution in [0.15, 0.2) is 23.6 Å². The first kappa shape index (κ1) is 14.9. The molecule has 1 aromatic heterocycles. The van der Waals surface area contributed by atoms with Crippen molar-refractivity contribution in [2.75, 3.05) is 6.61 Å². The second-order valence-corrected chi connectivity index (χ2v) is 5.37. The van der Waals surface area contributed by atoms with Gasteiger partial charge in [0.15, 0.2) is 0 Å². The first-order chi connectivity index (χ1) is 9.60. The summed E-state index contributed by atoms with van der Waals surface area (Å²) >= 11 is 7.06. The monoisotopic (exact) mass is 313 g/mol. The van der Waals surface area contributed by atoms with Crippen LogP contribution in [0.25, 0.3) is 10.6 Å². The van der Waals surface area contributed by atoms with Gasteiger partial charge in [-0.2, -0.15) is 0 Å². The van der Waals surface area contributed by atoms with Crippen LogP contribution in [0.2, 0.25) is 5.02 Å². The maximum Gasteiger partial charge on any atom is 0.306 e. The number of nitrogens with zero attached hydrogens (tertiary/aromatic N) is 1. The molecule has 3 nitrogen and oxygen atoms in total. The third-order valence-electron chi connectivity index (χ3n) is 2.60. The van der Waals surface area contributed by atoms with E-state index in [9.17, 15) is 9.18 Å². The number of carbonyl (C=O) groups excluding carboxylic acids is 1. The number of thiazole rings is 1. The van der Waals surface area contributed by atoms with Crippen LogP contribution in [0.5, 0.6) is 0 Å². The van der Waals surface area contributed by atoms with E-state index in [0.717, 1.165) is 5.69 Å². The number of esters is 1. The number of aromatic nitrogens is 1. The molecule has 0 spiro atoms. The Morgan fingerprint density at radius 1 is 1.50 bits per heavy atom. The minimum atomic E-state index is -0.399. The lowest BCUT2D eigenvalue weighted by atomic mass is 10.2. The fraction of sp³-hybridized carbons (Fsp3) is 0.286. The van der Waals surface area contributed by atoms with Crippen LogP contribution in [0.4, 0.5) is 4.39 Å². The molecule has 106 valence electrons. The Bertz CT molecular complexity index is 615. The summed E-state index contributed by atoms with van der Waals surface area (Å²) in [4.78, 5) is 15.6. The Hall–Kier alpha value is -1.46. The van der Waals surface area contributed by atoms with E-state index in [-0.39, 0.29) is 12.4 Å². The summed E-state index contributed by atoms with van der Waals surface area (Å²) in [6.07, 6.45) is 0.769. The van der Waals surface area contributed by atoms with Gasteiger partial charge in [-0.25, -0.2) is 9.37 Å². The van der Waals surface area contributed by atoms with Crippen molar-refractivity contribution >= 4 is 28.9 Å². The molecule has 2 aromatic rings. The second-order valence-electron chi connectivity index (χ2n) is 4.07. The van der Waals surface area contributed by atoms with Gasteiger partial charge >= 0.3 is 5.97 Å². The zero-order valence-corrected chi connectivity index (χ0v) is 12.4. The SMILES string of the molecule is CCOC(=O)CCc1csc(-c2ccc(Cl)cc2F)n1. The minimum Gasteiger partial charge on any atom is -0.466 e. The van der Waals surface area contributed by atoms with Crippen molar-refractivity contribution in [1.29, 1.82) is 0 Å². The number of ether oxygens (including phenoxy) is 1. The highest BCUT2D eigenvalue weighted by atomic mass is 35.5. The number of rotatable bonds is 5. The quantitative estimate of drug-likeness (QED) is 0.780. The van der Waals surface area contributed by atoms with Crippen LogP contribution in [-0.2, 0) is 16.0 Å². The molecule has 0 N–H and O–H groups in total. The fourth-order valence-corrected chi connectivity index (χ4v) is 2.71. The topological polar surface area (TPSA) is 39.2 Å². The average Bonchev–Trinajstić information content (AvgIpc) is 2.85. The van der Waals surface area contributed by atoms with E-state index in [2.05, 4.69) is 4.98 Å². The van der Waals surface area contributed by atoms with Crippen molar-refractivity contribution in [3.8, 4) is 10.6 Å². The highest BCUT2D eigenvalue weighted by molar-refractivity contribution is 7.13. The molecule has 1 aromatic carbocycles. The van der Waals surface area contributed by atoms with Crippen molar-refractivity contribution in [3.05, 3.63) is 40.1 Å². The van der Waals surface area contributed by atoms with E-state index < -0.39 is 5.82 Å². The number of hydrogen-bond donors (Lipinski definition) is 0. The first-order valence-corrected chi connectivity index (χ1v) is 7.41. The zero-order chi connectivity index (χ0) is 14.5. The summed E-state index contributed by atoms with van der Waals surface area (Å²) in [7, 11) is 0. The third kappa shape index (κ3) is 3.77. The molecule has 0 bridgehead atoms. The third-order valence-corrected chi connectivity index (χ3v) is 3.76. The molecule has 0 atom stereocenters. The lowest BCUT2D eigenvalue weighted by Crippen LogP contribution is -2.05. The van der Waals surface area contributed by atoms with E-state index in [1.807, 2.05) is 5.38 Å². The minimum absolute atomic E-state index is 0.250. The van der Waals surface area contributed by atoms with Crippen LogP contribution in [0.1, 0.15) is 19.0 Å². The van der Waals surface area contributed by atoms with Crippen molar-refractivity contribution in [1.82, 2.24) is 4.98 Å². The molecular weight excluding hydrogens is 301 g/mol. The van der Waals surface area contributed by atoms with Crippen molar-refractivity contribution in [2.45, 2.75) is 19.8 Å². The predicted octanol–water partition coefficient (Wildman–Crippen LogP) is 4.10. The highest BCUT2D eigenvalue weighted by Crippen LogP contribution is 2.28. The van der Waals surface area contributed by atoms with Crippen molar-refractivity contribution in [3.63, 3.8) is 0 Å². The van der Waals surface area contributed by atoms with Gasteiger partial charge in [0.2, 0.25) is 0 Å². The summed E-state index contributed by atoms with van der Waals surface area (Å²) in [6.45, 7) is 2.14. The fourth-order valence-electron chi connectivity index (χ4n) is 1.67. The molecule has 0 aliphatic rings. The molecular formula is C14H13ClFNO2S. The molecule has 20 heavy (non-hydrogen) atoms. The Morgan fingerprint density at radius 3 is 3.00 bits per heavy atom. The van der Waals surface area contributed by atoms with Gasteiger partial charge in [-0.15, -0.1) is 11.3 Å². The molecule has 0 aliphatic heterocycles. The summed E-state index contributed by atoms with van der Waals surface area (Å²) in [5.74, 6) is -0.650. The largest absolute Gasteiger partial charge is 0.466 e. The number of halogens is 2. The van der Waals surface area contributed by atoms with Gasteiger partial charge in [-0.3, -0.25) is 4.79 Å². The van der Waals surface area contributed by atoms with Gasteiger partial charge in [-0.05, 0) is 25.1 Å². The van der Waals surface area contributed by atoms with Gasteiger partial charge in [0, 0.05) is 22.4 Å². The lowest BCUT2D eigenvalue weighted by Gasteiger charge is -2.00. The van der Waals surface area contributed by atoms with E-state index >= 15 is 0 Å². The summed E-state index contributed by atoms with van der Waals surface area (Å²) in [6, 6.07) is 4.49. The van der Waals surface area contributed by atoms with Crippen LogP contribution in [-0.4, -0.2) is 17.6 Å². The molecule has 1 heterocycles. The van der Waals surface area contributed by atoms with Gasteiger partial charge in [0.1, 0.15) is 10.8 Å². The maximum absolute atomic E-state index is 13.8. The number of carbonyl (C=O) groups is 1. The first-order valence-electron chi connectivity index (χ1n) is 6.15. The molecule has 0 aliphatic carbocycles. The van der Waals surface area contributed by atoms with E-state index in [1.54, 1.807) is 19.1 Å². The molecule has 0 amide bonds. The summed E-state index contributed by atoms with van der Waals surface area (Å²) in [5.41, 5.74) is 1.18. The van der Waals surface area contributed by atoms with Crippen molar-refractivity contribution in [2.24, 2.45) is 0 Å². The molecule has 0 unspecified atom stereocenters. The van der Waals surface area contributed by atoms with Crippen LogP contribution in [0.3, 0.4) is 0 Å². The van der Waals surface area contributed by atoms with Gasteiger partial charge in [-0.1, -0.05) is 11.6 Å². The Morgan fingerprint density at radius 2 is 2.30 bits per heavy atom. The summed E-state index contributed by atoms with van der Waals surface area (Å²) < 4.78 is 18.6. The van der Waals surface area contributed by atoms with Crippen molar-refractivity contribution < 1.29 is 13.9 Å². The average molecular weight is 314 g/mol. The van der Waals surface area contributed by atoms with Gasteiger partial charge < -0.3 is 4.74 Å². The van der Waals surface area contributed by atoms with E-state index in [0.29, 0.717) is 28.6 Å². The van der Waals surface area contributed by atoms with E-state index in [4.69, 9.17) is 16.3 Å². The molecule has 0 saturated carbocycles. The molecule has 0 fully saturated rings. The summed E-state index contributed by atoms with van der Waals surface area (Å²) in [5, 5.41) is 2.76. The van der Waals surface area contributed by atoms with Crippen LogP contribution < -0.4 is 0 Å². The van der Waals surface area contributed by atoms with Crippen LogP contribution >= 0.6 is 22.9 Å². The Labute approximate surface area is 125 Å². The molecule has 6 heteroatoms. The van der Waals surface area contributed by atoms with Gasteiger partial charge in [0.05, 0.1) is 18.7 Å². The zero-order valence-electron chi connectivity index (χ0n) is 10.9.